The molecule has 0 unspecified atom stereocenters. The lowest BCUT2D eigenvalue weighted by Crippen LogP contribution is -2.28. The summed E-state index contributed by atoms with van der Waals surface area (Å²) in [4.78, 5) is 0. The Morgan fingerprint density at radius 1 is 0.481 bits per heavy atom. The molecule has 1 aliphatic carbocycles. The Kier molecular flexibility index (Phi) is 4.07. The van der Waals surface area contributed by atoms with Crippen molar-refractivity contribution in [3.8, 4) is 11.1 Å². The highest BCUT2D eigenvalue weighted by Gasteiger charge is 2.46. The second-order valence-electron chi connectivity index (χ2n) is 6.86. The van der Waals surface area contributed by atoms with Crippen LogP contribution in [0.25, 0.3) is 11.1 Å². The Balaban J connectivity index is 1.99. The van der Waals surface area contributed by atoms with Crippen LogP contribution in [0.15, 0.2) is 106 Å². The molecule has 0 amide bonds. The summed E-state index contributed by atoms with van der Waals surface area (Å²) in [5.74, 6) is 0. The van der Waals surface area contributed by atoms with E-state index in [1.807, 2.05) is 0 Å². The highest BCUT2D eigenvalue weighted by atomic mass is 79.9. The zero-order chi connectivity index (χ0) is 18.4. The predicted molar refractivity (Wildman–Crippen MR) is 119 cm³/mol. The van der Waals surface area contributed by atoms with Gasteiger partial charge in [0.25, 0.3) is 0 Å². The van der Waals surface area contributed by atoms with Crippen LogP contribution in [0.2, 0.25) is 0 Å². The summed E-state index contributed by atoms with van der Waals surface area (Å²) >= 11 is 7.38. The van der Waals surface area contributed by atoms with Crippen LogP contribution >= 0.6 is 31.9 Å². The van der Waals surface area contributed by atoms with Gasteiger partial charge in [-0.2, -0.15) is 0 Å². The van der Waals surface area contributed by atoms with Crippen LogP contribution in [0.4, 0.5) is 0 Å². The van der Waals surface area contributed by atoms with Crippen LogP contribution < -0.4 is 0 Å². The van der Waals surface area contributed by atoms with Crippen molar-refractivity contribution >= 4 is 31.9 Å². The Hall–Kier alpha value is -2.16. The molecule has 4 aromatic rings. The third kappa shape index (κ3) is 2.47. The molecule has 1 aliphatic rings. The van der Waals surface area contributed by atoms with E-state index in [2.05, 4.69) is 129 Å². The molecular formula is C25H16Br2. The molecule has 0 atom stereocenters. The largest absolute Gasteiger partial charge is 0.0713 e. The average Bonchev–Trinajstić information content (AvgIpc) is 2.99. The van der Waals surface area contributed by atoms with Crippen molar-refractivity contribution in [2.75, 3.05) is 0 Å². The smallest absolute Gasteiger partial charge is 0.0622 e. The summed E-state index contributed by atoms with van der Waals surface area (Å²) in [6, 6.07) is 35.0. The number of hydrogen-bond acceptors (Lipinski definition) is 0. The van der Waals surface area contributed by atoms with Crippen LogP contribution in [-0.2, 0) is 5.41 Å². The number of halogens is 2. The van der Waals surface area contributed by atoms with Gasteiger partial charge < -0.3 is 0 Å². The number of fused-ring (bicyclic) bond motifs is 3. The molecule has 27 heavy (non-hydrogen) atoms. The van der Waals surface area contributed by atoms with Gasteiger partial charge in [-0.25, -0.2) is 0 Å². The van der Waals surface area contributed by atoms with Gasteiger partial charge in [0.2, 0.25) is 0 Å². The first-order valence-electron chi connectivity index (χ1n) is 8.93. The summed E-state index contributed by atoms with van der Waals surface area (Å²) in [5.41, 5.74) is 7.49. The lowest BCUT2D eigenvalue weighted by Gasteiger charge is -2.34. The molecule has 0 aliphatic heterocycles. The van der Waals surface area contributed by atoms with Gasteiger partial charge in [-0.1, -0.05) is 105 Å². The van der Waals surface area contributed by atoms with Gasteiger partial charge in [0, 0.05) is 8.95 Å². The van der Waals surface area contributed by atoms with E-state index in [4.69, 9.17) is 0 Å². The van der Waals surface area contributed by atoms with E-state index in [1.54, 1.807) is 0 Å². The third-order valence-corrected chi connectivity index (χ3v) is 6.46. The van der Waals surface area contributed by atoms with E-state index in [-0.39, 0.29) is 5.41 Å². The lowest BCUT2D eigenvalue weighted by molar-refractivity contribution is 0.768. The van der Waals surface area contributed by atoms with E-state index >= 15 is 0 Å². The van der Waals surface area contributed by atoms with Gasteiger partial charge in [-0.3, -0.25) is 0 Å². The highest BCUT2D eigenvalue weighted by Crippen LogP contribution is 2.56. The van der Waals surface area contributed by atoms with Gasteiger partial charge in [0.1, 0.15) is 0 Å². The van der Waals surface area contributed by atoms with Crippen molar-refractivity contribution in [3.05, 3.63) is 128 Å². The van der Waals surface area contributed by atoms with Crippen LogP contribution in [-0.4, -0.2) is 0 Å². The predicted octanol–water partition coefficient (Wildman–Crippen LogP) is 7.57. The normalized spacial score (nSPS) is 13.9. The van der Waals surface area contributed by atoms with Crippen molar-refractivity contribution in [1.82, 2.24) is 0 Å². The molecule has 0 radical (unpaired) electrons. The highest BCUT2D eigenvalue weighted by molar-refractivity contribution is 9.10. The van der Waals surface area contributed by atoms with Crippen LogP contribution in [0.1, 0.15) is 22.3 Å². The Labute approximate surface area is 176 Å². The number of hydrogen-bond donors (Lipinski definition) is 0. The molecule has 0 saturated heterocycles. The Morgan fingerprint density at radius 3 is 1.67 bits per heavy atom. The van der Waals surface area contributed by atoms with Gasteiger partial charge in [0.05, 0.1) is 5.41 Å². The van der Waals surface area contributed by atoms with Gasteiger partial charge in [0.15, 0.2) is 0 Å². The Morgan fingerprint density at radius 2 is 1.04 bits per heavy atom. The standard InChI is InChI=1S/C25H16Br2/c26-19-12-14-23-22(15-19)21-13-11-20(27)16-24(21)25(23,17-7-3-1-4-8-17)18-9-5-2-6-10-18/h1-16H. The van der Waals surface area contributed by atoms with Crippen molar-refractivity contribution in [2.24, 2.45) is 0 Å². The van der Waals surface area contributed by atoms with Gasteiger partial charge >= 0.3 is 0 Å². The fourth-order valence-electron chi connectivity index (χ4n) is 4.44. The first kappa shape index (κ1) is 17.0. The summed E-state index contributed by atoms with van der Waals surface area (Å²) in [5, 5.41) is 0. The lowest BCUT2D eigenvalue weighted by atomic mass is 9.68. The molecule has 130 valence electrons. The maximum Gasteiger partial charge on any atom is 0.0713 e. The summed E-state index contributed by atoms with van der Waals surface area (Å²) in [6.07, 6.45) is 0. The van der Waals surface area contributed by atoms with E-state index in [0.29, 0.717) is 0 Å². The second kappa shape index (κ2) is 6.47. The molecule has 0 saturated carbocycles. The molecule has 0 aromatic heterocycles. The maximum absolute atomic E-state index is 3.71. The Bertz CT molecular complexity index is 1090. The van der Waals surface area contributed by atoms with E-state index in [0.717, 1.165) is 8.95 Å². The topological polar surface area (TPSA) is 0 Å². The molecule has 0 nitrogen and oxygen atoms in total. The van der Waals surface area contributed by atoms with Crippen LogP contribution in [0.5, 0.6) is 0 Å². The first-order valence-corrected chi connectivity index (χ1v) is 10.5. The quantitative estimate of drug-likeness (QED) is 0.247. The monoisotopic (exact) mass is 474 g/mol. The number of benzene rings is 4. The van der Waals surface area contributed by atoms with Crippen molar-refractivity contribution < 1.29 is 0 Å². The van der Waals surface area contributed by atoms with Crippen molar-refractivity contribution in [3.63, 3.8) is 0 Å². The summed E-state index contributed by atoms with van der Waals surface area (Å²) in [6.45, 7) is 0. The molecular weight excluding hydrogens is 460 g/mol. The van der Waals surface area contributed by atoms with Crippen molar-refractivity contribution in [1.29, 1.82) is 0 Å². The second-order valence-corrected chi connectivity index (χ2v) is 8.69. The molecule has 0 spiro atoms. The SMILES string of the molecule is Brc1ccc2c(c1)-c1ccc(Br)cc1C2(c1ccccc1)c1ccccc1. The van der Waals surface area contributed by atoms with Crippen molar-refractivity contribution in [2.45, 2.75) is 5.41 Å². The van der Waals surface area contributed by atoms with E-state index < -0.39 is 0 Å². The fraction of sp³-hybridized carbons (Fsp3) is 0.0400. The van der Waals surface area contributed by atoms with E-state index in [1.165, 1.54) is 33.4 Å². The third-order valence-electron chi connectivity index (χ3n) is 5.48. The van der Waals surface area contributed by atoms with Crippen LogP contribution in [0, 0.1) is 0 Å². The maximum atomic E-state index is 3.71. The molecule has 5 rings (SSSR count). The molecule has 4 aromatic carbocycles. The zero-order valence-corrected chi connectivity index (χ0v) is 17.7. The molecule has 0 heterocycles. The molecule has 2 heteroatoms. The summed E-state index contributed by atoms with van der Waals surface area (Å²) < 4.78 is 2.21. The first-order chi connectivity index (χ1) is 13.2. The number of rotatable bonds is 2. The van der Waals surface area contributed by atoms with Crippen LogP contribution in [0.3, 0.4) is 0 Å². The minimum Gasteiger partial charge on any atom is -0.0622 e. The average molecular weight is 476 g/mol. The zero-order valence-electron chi connectivity index (χ0n) is 14.5. The summed E-state index contributed by atoms with van der Waals surface area (Å²) in [7, 11) is 0. The molecule has 0 fully saturated rings. The fourth-order valence-corrected chi connectivity index (χ4v) is 5.16. The molecule has 0 bridgehead atoms. The minimum absolute atomic E-state index is 0.322. The minimum atomic E-state index is -0.322. The van der Waals surface area contributed by atoms with E-state index in [9.17, 15) is 0 Å². The van der Waals surface area contributed by atoms with Gasteiger partial charge in [-0.05, 0) is 57.6 Å². The van der Waals surface area contributed by atoms with Gasteiger partial charge in [-0.15, -0.1) is 0 Å². The molecule has 0 N–H and O–H groups in total.